The fourth-order valence-corrected chi connectivity index (χ4v) is 5.38. The van der Waals surface area contributed by atoms with Crippen LogP contribution >= 0.6 is 0 Å². The minimum atomic E-state index is -1.64. The summed E-state index contributed by atoms with van der Waals surface area (Å²) in [6, 6.07) is 53.2. The van der Waals surface area contributed by atoms with E-state index in [9.17, 15) is 29.4 Å². The van der Waals surface area contributed by atoms with Gasteiger partial charge in [-0.25, -0.2) is 0 Å². The summed E-state index contributed by atoms with van der Waals surface area (Å²) < 4.78 is 0. The SMILES string of the molecule is C/C(O)=C/C(=[OH+])c1ccccc1.C/C(O)=C/C(=[OH+])c1ccccc1.OC(=[OH+])C([OH2+])(c1ccccc1)c1ccccc1.OC(=[OH+])C([OH2+])(c1ccccc1)c1ccccc1.[Ti]. The van der Waals surface area contributed by atoms with Gasteiger partial charge in [0.1, 0.15) is 0 Å². The molecule has 6 aromatic carbocycles. The summed E-state index contributed by atoms with van der Waals surface area (Å²) in [5.41, 5.74) is 0.206. The van der Waals surface area contributed by atoms with Gasteiger partial charge in [0, 0.05) is 21.7 Å². The quantitative estimate of drug-likeness (QED) is 0.0363. The van der Waals surface area contributed by atoms with E-state index >= 15 is 0 Å². The molecule has 0 saturated heterocycles. The van der Waals surface area contributed by atoms with E-state index in [1.807, 2.05) is 60.7 Å². The van der Waals surface area contributed by atoms with Crippen molar-refractivity contribution in [3.05, 3.63) is 239 Å². The van der Waals surface area contributed by atoms with Crippen LogP contribution in [0.25, 0.3) is 0 Å². The van der Waals surface area contributed by atoms with Crippen LogP contribution in [0.3, 0.4) is 0 Å². The average molecular weight is 835 g/mol. The van der Waals surface area contributed by atoms with Gasteiger partial charge in [-0.1, -0.05) is 109 Å². The van der Waals surface area contributed by atoms with Crippen molar-refractivity contribution in [2.24, 2.45) is 0 Å². The molecular weight excluding hydrogens is 784 g/mol. The Hall–Kier alpha value is -6.69. The third kappa shape index (κ3) is 14.3. The standard InChI is InChI=1S/2C14H12O3.2C10H10O2.Ti/c2*15-13(16)14(17,11-7-3-1-4-8-11)12-9-5-2-6-10-12;2*1-8(11)7-10(12)9-5-3-2-4-6-9;/h2*1-10,17H,(H,15,16);2*2-7,11H,1H3;/p+6/b;;2*8-7-;. The first kappa shape index (κ1) is 48.5. The first-order chi connectivity index (χ1) is 27.7. The van der Waals surface area contributed by atoms with Crippen molar-refractivity contribution in [3.8, 4) is 0 Å². The molecule has 0 aliphatic rings. The largest absolute Gasteiger partial charge is 0.578 e. The minimum absolute atomic E-state index is 0. The van der Waals surface area contributed by atoms with Crippen molar-refractivity contribution in [1.82, 2.24) is 0 Å². The Morgan fingerprint density at radius 2 is 0.576 bits per heavy atom. The van der Waals surface area contributed by atoms with Gasteiger partial charge in [0.25, 0.3) is 0 Å². The van der Waals surface area contributed by atoms with E-state index < -0.39 is 23.1 Å². The molecule has 300 valence electrons. The van der Waals surface area contributed by atoms with Gasteiger partial charge in [0.2, 0.25) is 0 Å². The normalized spacial score (nSPS) is 11.0. The molecule has 0 radical (unpaired) electrons. The van der Waals surface area contributed by atoms with E-state index in [0.29, 0.717) is 33.4 Å². The second-order valence-corrected chi connectivity index (χ2v) is 12.7. The summed E-state index contributed by atoms with van der Waals surface area (Å²) in [5, 5.41) is 53.3. The fourth-order valence-electron chi connectivity index (χ4n) is 5.38. The maximum absolute atomic E-state index is 9.46. The van der Waals surface area contributed by atoms with Crippen LogP contribution in [0.1, 0.15) is 47.2 Å². The number of carboxylic acid groups (broad SMARTS) is 2. The van der Waals surface area contributed by atoms with Gasteiger partial charge in [-0.2, -0.15) is 0 Å². The summed E-state index contributed by atoms with van der Waals surface area (Å²) in [4.78, 5) is 37.7. The number of aliphatic hydroxyl groups excluding tert-OH is 4. The predicted octanol–water partition coefficient (Wildman–Crippen LogP) is 7.51. The van der Waals surface area contributed by atoms with Gasteiger partial charge >= 0.3 is 34.7 Å². The maximum atomic E-state index is 9.46. The molecule has 0 aromatic heterocycles. The van der Waals surface area contributed by atoms with E-state index in [2.05, 4.69) is 0 Å². The zero-order valence-corrected chi connectivity index (χ0v) is 34.1. The second-order valence-electron chi connectivity index (χ2n) is 12.7. The summed E-state index contributed by atoms with van der Waals surface area (Å²) in [5.74, 6) is -1.50. The number of carboxylic acids is 2. The molecule has 0 spiro atoms. The van der Waals surface area contributed by atoms with Crippen molar-refractivity contribution in [3.63, 3.8) is 0 Å². The van der Waals surface area contributed by atoms with E-state index in [0.717, 1.165) is 0 Å². The zero-order valence-electron chi connectivity index (χ0n) is 32.6. The van der Waals surface area contributed by atoms with Crippen molar-refractivity contribution in [1.29, 1.82) is 0 Å². The topological polar surface area (TPSA) is 212 Å². The molecule has 10 nitrogen and oxygen atoms in total. The van der Waals surface area contributed by atoms with E-state index in [1.54, 1.807) is 121 Å². The Balaban J connectivity index is 0.000000274. The summed E-state index contributed by atoms with van der Waals surface area (Å²) in [6.45, 7) is 3.03. The number of aliphatic hydroxyl groups is 2. The van der Waals surface area contributed by atoms with Gasteiger partial charge in [0.15, 0.2) is 0 Å². The third-order valence-corrected chi connectivity index (χ3v) is 8.33. The van der Waals surface area contributed by atoms with Crippen molar-refractivity contribution in [2.75, 3.05) is 0 Å². The molecule has 12 N–H and O–H groups in total. The Bertz CT molecular complexity index is 2010. The molecule has 0 bridgehead atoms. The number of carbonyl (C=O) groups excluding carboxylic acids is 2. The van der Waals surface area contributed by atoms with Gasteiger partial charge < -0.3 is 40.2 Å². The smallest absolute Gasteiger partial charge is 0.512 e. The molecule has 6 rings (SSSR count). The molecule has 0 unspecified atom stereocenters. The number of allylic oxidation sites excluding steroid dienone is 4. The number of hydrogen-bond donors (Lipinski definition) is 4. The van der Waals surface area contributed by atoms with E-state index in [1.165, 1.54) is 26.0 Å². The average Bonchev–Trinajstić information content (AvgIpc) is 3.25. The van der Waals surface area contributed by atoms with Crippen LogP contribution in [0.4, 0.5) is 0 Å². The molecule has 6 aromatic rings. The molecule has 59 heavy (non-hydrogen) atoms. The summed E-state index contributed by atoms with van der Waals surface area (Å²) in [6.07, 6.45) is 2.63. The maximum Gasteiger partial charge on any atom is 0.578 e. The van der Waals surface area contributed by atoms with Gasteiger partial charge in [0.05, 0.1) is 57.1 Å². The molecule has 0 amide bonds. The number of ketones is 2. The zero-order chi connectivity index (χ0) is 42.6. The molecule has 0 fully saturated rings. The second kappa shape index (κ2) is 24.2. The Kier molecular flexibility index (Phi) is 19.9. The minimum Gasteiger partial charge on any atom is -0.512 e. The van der Waals surface area contributed by atoms with E-state index in [-0.39, 0.29) is 44.8 Å². The number of rotatable bonds is 10. The predicted molar refractivity (Wildman–Crippen MR) is 231 cm³/mol. The molecule has 11 heteroatoms. The van der Waals surface area contributed by atoms with Crippen molar-refractivity contribution in [2.45, 2.75) is 25.0 Å². The van der Waals surface area contributed by atoms with Crippen LogP contribution in [0, 0.1) is 0 Å². The van der Waals surface area contributed by atoms with Crippen LogP contribution < -0.4 is 0 Å². The number of hydrogen-bond acceptors (Lipinski definition) is 2. The Labute approximate surface area is 357 Å². The first-order valence-electron chi connectivity index (χ1n) is 17.9. The Morgan fingerprint density at radius 1 is 0.390 bits per heavy atom. The fraction of sp³-hybridized carbons (Fsp3) is 0.0833. The van der Waals surface area contributed by atoms with Crippen LogP contribution in [0.5, 0.6) is 0 Å². The van der Waals surface area contributed by atoms with Crippen LogP contribution in [0.2, 0.25) is 0 Å². The number of aliphatic carboxylic acids is 2. The molecule has 0 heterocycles. The van der Waals surface area contributed by atoms with E-state index in [4.69, 9.17) is 20.4 Å². The molecule has 0 saturated carbocycles. The summed E-state index contributed by atoms with van der Waals surface area (Å²) >= 11 is 0. The third-order valence-electron chi connectivity index (χ3n) is 8.33. The van der Waals surface area contributed by atoms with Crippen LogP contribution in [-0.4, -0.2) is 73.3 Å². The first-order valence-corrected chi connectivity index (χ1v) is 17.9. The van der Waals surface area contributed by atoms with Gasteiger partial charge in [-0.15, -0.1) is 0 Å². The molecule has 0 atom stereocenters. The summed E-state index contributed by atoms with van der Waals surface area (Å²) in [7, 11) is 0. The van der Waals surface area contributed by atoms with Crippen molar-refractivity contribution < 1.29 is 71.5 Å². The number of benzene rings is 6. The van der Waals surface area contributed by atoms with Crippen molar-refractivity contribution >= 4 is 23.5 Å². The van der Waals surface area contributed by atoms with Crippen LogP contribution in [0.15, 0.2) is 206 Å². The molecule has 0 aliphatic carbocycles. The van der Waals surface area contributed by atoms with Gasteiger partial charge in [-0.3, -0.25) is 9.59 Å². The monoisotopic (exact) mass is 834 g/mol. The van der Waals surface area contributed by atoms with Crippen LogP contribution in [-0.2, 0) is 32.9 Å². The molecule has 0 aliphatic heterocycles. The van der Waals surface area contributed by atoms with Gasteiger partial charge in [-0.05, 0) is 86.6 Å². The Morgan fingerprint density at radius 3 is 0.746 bits per heavy atom. The molecular formula is C48H50O10Ti+6.